The van der Waals surface area contributed by atoms with Crippen LogP contribution in [-0.2, 0) is 11.2 Å². The Morgan fingerprint density at radius 1 is 1.20 bits per heavy atom. The summed E-state index contributed by atoms with van der Waals surface area (Å²) in [5.74, 6) is 1.58. The highest BCUT2D eigenvalue weighted by Gasteiger charge is 2.43. The standard InChI is InChI=1S/C18H21N3O3S/c1-11-5-15(24-19-11)6-17(22)20-7-13-9-21(10-14(13)8-20)18(23)16-3-4-25-12(16)2/h3-5,13-14H,6-10H2,1-2H3/t13-,14+. The van der Waals surface area contributed by atoms with Crippen molar-refractivity contribution in [1.29, 1.82) is 0 Å². The van der Waals surface area contributed by atoms with E-state index in [0.29, 0.717) is 17.6 Å². The van der Waals surface area contributed by atoms with E-state index < -0.39 is 0 Å². The van der Waals surface area contributed by atoms with Crippen LogP contribution in [0.4, 0.5) is 0 Å². The fourth-order valence-corrected chi connectivity index (χ4v) is 4.59. The maximum atomic E-state index is 12.7. The fourth-order valence-electron chi connectivity index (χ4n) is 3.90. The van der Waals surface area contributed by atoms with Gasteiger partial charge in [0.05, 0.1) is 17.7 Å². The Hall–Kier alpha value is -2.15. The number of rotatable bonds is 3. The number of carbonyl (C=O) groups is 2. The highest BCUT2D eigenvalue weighted by atomic mass is 32.1. The second kappa shape index (κ2) is 6.29. The summed E-state index contributed by atoms with van der Waals surface area (Å²) < 4.78 is 5.14. The van der Waals surface area contributed by atoms with Crippen molar-refractivity contribution in [2.75, 3.05) is 26.2 Å². The Kier molecular flexibility index (Phi) is 4.11. The van der Waals surface area contributed by atoms with Crippen LogP contribution in [0.5, 0.6) is 0 Å². The number of hydrogen-bond donors (Lipinski definition) is 0. The van der Waals surface area contributed by atoms with Crippen LogP contribution < -0.4 is 0 Å². The Labute approximate surface area is 150 Å². The summed E-state index contributed by atoms with van der Waals surface area (Å²) in [6.45, 7) is 6.76. The van der Waals surface area contributed by atoms with Crippen LogP contribution in [-0.4, -0.2) is 52.9 Å². The van der Waals surface area contributed by atoms with Crippen molar-refractivity contribution in [3.05, 3.63) is 39.4 Å². The number of thiophene rings is 1. The summed E-state index contributed by atoms with van der Waals surface area (Å²) in [6.07, 6.45) is 0.261. The third-order valence-electron chi connectivity index (χ3n) is 5.22. The zero-order chi connectivity index (χ0) is 17.6. The number of carbonyl (C=O) groups excluding carboxylic acids is 2. The van der Waals surface area contributed by atoms with E-state index in [9.17, 15) is 9.59 Å². The van der Waals surface area contributed by atoms with Gasteiger partial charge in [-0.1, -0.05) is 5.16 Å². The largest absolute Gasteiger partial charge is 0.361 e. The van der Waals surface area contributed by atoms with Crippen molar-refractivity contribution in [3.8, 4) is 0 Å². The molecule has 0 aliphatic carbocycles. The van der Waals surface area contributed by atoms with Gasteiger partial charge >= 0.3 is 0 Å². The molecule has 4 rings (SSSR count). The molecule has 0 aromatic carbocycles. The van der Waals surface area contributed by atoms with Gasteiger partial charge in [0.1, 0.15) is 5.76 Å². The normalized spacial score (nSPS) is 22.5. The molecule has 0 radical (unpaired) electrons. The van der Waals surface area contributed by atoms with Gasteiger partial charge in [0.25, 0.3) is 5.91 Å². The first-order valence-electron chi connectivity index (χ1n) is 8.54. The molecule has 2 fully saturated rings. The lowest BCUT2D eigenvalue weighted by Crippen LogP contribution is -2.36. The zero-order valence-electron chi connectivity index (χ0n) is 14.4. The number of hydrogen-bond acceptors (Lipinski definition) is 5. The van der Waals surface area contributed by atoms with Gasteiger partial charge in [-0.25, -0.2) is 0 Å². The molecule has 2 aromatic heterocycles. The molecule has 2 atom stereocenters. The second-order valence-corrected chi connectivity index (χ2v) is 8.15. The van der Waals surface area contributed by atoms with Crippen LogP contribution in [0, 0.1) is 25.7 Å². The molecule has 2 saturated heterocycles. The Morgan fingerprint density at radius 3 is 2.44 bits per heavy atom. The van der Waals surface area contributed by atoms with E-state index in [0.717, 1.165) is 42.3 Å². The van der Waals surface area contributed by atoms with Gasteiger partial charge < -0.3 is 14.3 Å². The van der Waals surface area contributed by atoms with Gasteiger partial charge in [-0.2, -0.15) is 0 Å². The topological polar surface area (TPSA) is 66.7 Å². The average molecular weight is 359 g/mol. The van der Waals surface area contributed by atoms with E-state index in [1.165, 1.54) is 0 Å². The van der Waals surface area contributed by atoms with Crippen LogP contribution in [0.2, 0.25) is 0 Å². The number of likely N-dealkylation sites (tertiary alicyclic amines) is 2. The van der Waals surface area contributed by atoms with Crippen LogP contribution in [0.3, 0.4) is 0 Å². The molecule has 2 aliphatic heterocycles. The predicted molar refractivity (Wildman–Crippen MR) is 93.5 cm³/mol. The van der Waals surface area contributed by atoms with Gasteiger partial charge in [0.2, 0.25) is 5.91 Å². The highest BCUT2D eigenvalue weighted by Crippen LogP contribution is 2.33. The predicted octanol–water partition coefficient (Wildman–Crippen LogP) is 2.13. The van der Waals surface area contributed by atoms with E-state index >= 15 is 0 Å². The third kappa shape index (κ3) is 3.08. The van der Waals surface area contributed by atoms with E-state index in [1.807, 2.05) is 35.1 Å². The summed E-state index contributed by atoms with van der Waals surface area (Å²) in [6, 6.07) is 3.71. The Balaban J connectivity index is 1.35. The lowest BCUT2D eigenvalue weighted by molar-refractivity contribution is -0.130. The van der Waals surface area contributed by atoms with Crippen molar-refractivity contribution in [1.82, 2.24) is 15.0 Å². The van der Waals surface area contributed by atoms with Crippen molar-refractivity contribution in [2.45, 2.75) is 20.3 Å². The summed E-state index contributed by atoms with van der Waals surface area (Å²) in [4.78, 5) is 30.0. The Morgan fingerprint density at radius 2 is 1.88 bits per heavy atom. The van der Waals surface area contributed by atoms with E-state index in [2.05, 4.69) is 5.16 Å². The Bertz CT molecular complexity index is 798. The molecular formula is C18H21N3O3S. The molecule has 0 saturated carbocycles. The number of fused-ring (bicyclic) bond motifs is 1. The minimum absolute atomic E-state index is 0.0807. The van der Waals surface area contributed by atoms with Gasteiger partial charge in [0, 0.05) is 49.0 Å². The monoisotopic (exact) mass is 359 g/mol. The number of nitrogens with zero attached hydrogens (tertiary/aromatic N) is 3. The average Bonchev–Trinajstić information content (AvgIpc) is 3.30. The third-order valence-corrected chi connectivity index (χ3v) is 6.06. The van der Waals surface area contributed by atoms with Crippen molar-refractivity contribution < 1.29 is 14.1 Å². The number of amides is 2. The number of aryl methyl sites for hydroxylation is 2. The summed E-state index contributed by atoms with van der Waals surface area (Å²) >= 11 is 1.61. The molecule has 4 heterocycles. The van der Waals surface area contributed by atoms with E-state index in [1.54, 1.807) is 17.4 Å². The van der Waals surface area contributed by atoms with Crippen LogP contribution in [0.1, 0.15) is 26.7 Å². The molecule has 0 bridgehead atoms. The number of aromatic nitrogens is 1. The van der Waals surface area contributed by atoms with Crippen molar-refractivity contribution >= 4 is 23.2 Å². The summed E-state index contributed by atoms with van der Waals surface area (Å²) in [5, 5.41) is 5.79. The summed E-state index contributed by atoms with van der Waals surface area (Å²) in [7, 11) is 0. The molecule has 2 aromatic rings. The first kappa shape index (κ1) is 16.3. The molecule has 0 spiro atoms. The van der Waals surface area contributed by atoms with Gasteiger partial charge in [-0.15, -0.1) is 11.3 Å². The molecule has 132 valence electrons. The minimum Gasteiger partial charge on any atom is -0.361 e. The first-order valence-corrected chi connectivity index (χ1v) is 9.42. The quantitative estimate of drug-likeness (QED) is 0.842. The molecule has 0 N–H and O–H groups in total. The maximum absolute atomic E-state index is 12.7. The second-order valence-electron chi connectivity index (χ2n) is 7.03. The van der Waals surface area contributed by atoms with E-state index in [-0.39, 0.29) is 18.2 Å². The molecule has 2 aliphatic rings. The molecule has 25 heavy (non-hydrogen) atoms. The smallest absolute Gasteiger partial charge is 0.254 e. The van der Waals surface area contributed by atoms with Gasteiger partial charge in [0.15, 0.2) is 0 Å². The maximum Gasteiger partial charge on any atom is 0.254 e. The molecule has 6 nitrogen and oxygen atoms in total. The molecule has 2 amide bonds. The summed E-state index contributed by atoms with van der Waals surface area (Å²) in [5.41, 5.74) is 1.61. The van der Waals surface area contributed by atoms with Crippen molar-refractivity contribution in [2.24, 2.45) is 11.8 Å². The lowest BCUT2D eigenvalue weighted by atomic mass is 10.0. The minimum atomic E-state index is 0.0807. The lowest BCUT2D eigenvalue weighted by Gasteiger charge is -2.21. The van der Waals surface area contributed by atoms with Crippen LogP contribution in [0.15, 0.2) is 22.0 Å². The molecular weight excluding hydrogens is 338 g/mol. The van der Waals surface area contributed by atoms with E-state index in [4.69, 9.17) is 4.52 Å². The highest BCUT2D eigenvalue weighted by molar-refractivity contribution is 7.10. The first-order chi connectivity index (χ1) is 12.0. The van der Waals surface area contributed by atoms with Gasteiger partial charge in [-0.05, 0) is 25.3 Å². The van der Waals surface area contributed by atoms with Crippen LogP contribution >= 0.6 is 11.3 Å². The molecule has 0 unspecified atom stereocenters. The fraction of sp³-hybridized carbons (Fsp3) is 0.500. The van der Waals surface area contributed by atoms with Crippen LogP contribution in [0.25, 0.3) is 0 Å². The SMILES string of the molecule is Cc1cc(CC(=O)N2C[C@@H]3CN(C(=O)c4ccsc4C)C[C@@H]3C2)on1. The zero-order valence-corrected chi connectivity index (χ0v) is 15.2. The molecule has 7 heteroatoms. The van der Waals surface area contributed by atoms with Gasteiger partial charge in [-0.3, -0.25) is 9.59 Å². The van der Waals surface area contributed by atoms with Crippen molar-refractivity contribution in [3.63, 3.8) is 0 Å².